The van der Waals surface area contributed by atoms with Crippen LogP contribution in [0.4, 0.5) is 0 Å². The van der Waals surface area contributed by atoms with Crippen molar-refractivity contribution in [3.63, 3.8) is 0 Å². The van der Waals surface area contributed by atoms with Crippen LogP contribution in [0.1, 0.15) is 43.0 Å². The van der Waals surface area contributed by atoms with Crippen molar-refractivity contribution in [3.05, 3.63) is 29.8 Å². The lowest BCUT2D eigenvalue weighted by Gasteiger charge is -2.35. The Morgan fingerprint density at radius 2 is 2.21 bits per heavy atom. The van der Waals surface area contributed by atoms with Gasteiger partial charge >= 0.3 is 0 Å². The topological polar surface area (TPSA) is 64.8 Å². The van der Waals surface area contributed by atoms with Crippen molar-refractivity contribution in [2.45, 2.75) is 44.8 Å². The zero-order chi connectivity index (χ0) is 16.9. The number of ether oxygens (including phenoxy) is 2. The highest BCUT2D eigenvalue weighted by atomic mass is 16.5. The molecule has 5 nitrogen and oxygen atoms in total. The molecule has 0 unspecified atom stereocenters. The Labute approximate surface area is 144 Å². The molecule has 0 bridgehead atoms. The minimum absolute atomic E-state index is 0.0447. The fourth-order valence-corrected chi connectivity index (χ4v) is 3.52. The van der Waals surface area contributed by atoms with Gasteiger partial charge in [-0.25, -0.2) is 0 Å². The van der Waals surface area contributed by atoms with E-state index in [-0.39, 0.29) is 18.1 Å². The number of carbonyl (C=O) groups is 1. The molecule has 2 aliphatic rings. The average molecular weight is 332 g/mol. The van der Waals surface area contributed by atoms with Gasteiger partial charge in [0.05, 0.1) is 11.7 Å². The van der Waals surface area contributed by atoms with Gasteiger partial charge in [0.1, 0.15) is 12.4 Å². The summed E-state index contributed by atoms with van der Waals surface area (Å²) in [6, 6.07) is 7.63. The lowest BCUT2D eigenvalue weighted by molar-refractivity contribution is 0.0613. The normalized spacial score (nSPS) is 25.5. The zero-order valence-electron chi connectivity index (χ0n) is 14.4. The highest BCUT2D eigenvalue weighted by molar-refractivity contribution is 5.97. The highest BCUT2D eigenvalue weighted by Gasteiger charge is 2.28. The molecule has 0 saturated carbocycles. The molecule has 1 amide bonds. The Morgan fingerprint density at radius 3 is 2.96 bits per heavy atom. The van der Waals surface area contributed by atoms with E-state index >= 15 is 0 Å². The minimum Gasteiger partial charge on any atom is -0.490 e. The molecule has 3 rings (SSSR count). The fourth-order valence-electron chi connectivity index (χ4n) is 3.52. The van der Waals surface area contributed by atoms with Crippen molar-refractivity contribution in [1.82, 2.24) is 4.90 Å². The number of amides is 1. The summed E-state index contributed by atoms with van der Waals surface area (Å²) >= 11 is 0. The van der Waals surface area contributed by atoms with E-state index in [1.165, 1.54) is 0 Å². The van der Waals surface area contributed by atoms with E-state index in [0.29, 0.717) is 23.8 Å². The van der Waals surface area contributed by atoms with E-state index < -0.39 is 0 Å². The number of rotatable bonds is 5. The number of likely N-dealkylation sites (tertiary alicyclic amines) is 1. The molecule has 0 radical (unpaired) electrons. The standard InChI is InChI=1S/C19H28N2O3/c1-14(20)15-6-4-10-21(12-15)19(22)17-8-2-3-9-18(17)24-13-16-7-5-11-23-16/h2-3,8-9,14-16H,4-7,10-13,20H2,1H3/t14-,15-,16+/m0/s1. The van der Waals surface area contributed by atoms with Crippen molar-refractivity contribution in [3.8, 4) is 5.75 Å². The second kappa shape index (κ2) is 7.99. The number of nitrogens with two attached hydrogens (primary N) is 1. The number of nitrogens with zero attached hydrogens (tertiary/aromatic N) is 1. The van der Waals surface area contributed by atoms with Gasteiger partial charge in [-0.05, 0) is 50.7 Å². The molecule has 2 saturated heterocycles. The molecule has 0 aromatic heterocycles. The van der Waals surface area contributed by atoms with E-state index in [0.717, 1.165) is 45.4 Å². The average Bonchev–Trinajstić information content (AvgIpc) is 3.13. The Morgan fingerprint density at radius 1 is 1.38 bits per heavy atom. The van der Waals surface area contributed by atoms with Gasteiger partial charge in [0.2, 0.25) is 0 Å². The Bertz CT molecular complexity index is 555. The summed E-state index contributed by atoms with van der Waals surface area (Å²) in [4.78, 5) is 14.9. The first-order valence-corrected chi connectivity index (χ1v) is 9.03. The van der Waals surface area contributed by atoms with Crippen LogP contribution < -0.4 is 10.5 Å². The third-order valence-corrected chi connectivity index (χ3v) is 5.05. The lowest BCUT2D eigenvalue weighted by Crippen LogP contribution is -2.45. The van der Waals surface area contributed by atoms with E-state index in [4.69, 9.17) is 15.2 Å². The van der Waals surface area contributed by atoms with Crippen LogP contribution in [0.25, 0.3) is 0 Å². The number of piperidine rings is 1. The molecule has 1 aromatic rings. The number of benzene rings is 1. The number of carbonyl (C=O) groups excluding carboxylic acids is 1. The van der Waals surface area contributed by atoms with Gasteiger partial charge in [0, 0.05) is 25.7 Å². The van der Waals surface area contributed by atoms with Gasteiger partial charge in [0.25, 0.3) is 5.91 Å². The maximum atomic E-state index is 13.0. The monoisotopic (exact) mass is 332 g/mol. The highest BCUT2D eigenvalue weighted by Crippen LogP contribution is 2.25. The second-order valence-corrected chi connectivity index (χ2v) is 6.95. The van der Waals surface area contributed by atoms with Crippen LogP contribution in [-0.2, 0) is 4.74 Å². The van der Waals surface area contributed by atoms with E-state index in [1.54, 1.807) is 0 Å². The zero-order valence-corrected chi connectivity index (χ0v) is 14.4. The fraction of sp³-hybridized carbons (Fsp3) is 0.632. The van der Waals surface area contributed by atoms with Crippen molar-refractivity contribution in [2.24, 2.45) is 11.7 Å². The molecule has 132 valence electrons. The summed E-state index contributed by atoms with van der Waals surface area (Å²) in [6.07, 6.45) is 4.36. The van der Waals surface area contributed by atoms with Crippen molar-refractivity contribution in [1.29, 1.82) is 0 Å². The van der Waals surface area contributed by atoms with E-state index in [1.807, 2.05) is 36.1 Å². The van der Waals surface area contributed by atoms with Crippen LogP contribution >= 0.6 is 0 Å². The quantitative estimate of drug-likeness (QED) is 0.899. The van der Waals surface area contributed by atoms with Crippen molar-refractivity contribution < 1.29 is 14.3 Å². The van der Waals surface area contributed by atoms with Crippen LogP contribution in [0.2, 0.25) is 0 Å². The van der Waals surface area contributed by atoms with Gasteiger partial charge in [-0.3, -0.25) is 4.79 Å². The molecule has 24 heavy (non-hydrogen) atoms. The third kappa shape index (κ3) is 4.08. The van der Waals surface area contributed by atoms with Gasteiger partial charge in [-0.1, -0.05) is 12.1 Å². The largest absolute Gasteiger partial charge is 0.490 e. The Kier molecular flexibility index (Phi) is 5.74. The van der Waals surface area contributed by atoms with Crippen molar-refractivity contribution >= 4 is 5.91 Å². The van der Waals surface area contributed by atoms with E-state index in [2.05, 4.69) is 0 Å². The summed E-state index contributed by atoms with van der Waals surface area (Å²) < 4.78 is 11.5. The molecule has 2 heterocycles. The maximum absolute atomic E-state index is 13.0. The summed E-state index contributed by atoms with van der Waals surface area (Å²) in [7, 11) is 0. The molecule has 3 atom stereocenters. The molecule has 2 aliphatic heterocycles. The molecular weight excluding hydrogens is 304 g/mol. The first kappa shape index (κ1) is 17.2. The van der Waals surface area contributed by atoms with Gasteiger partial charge < -0.3 is 20.1 Å². The first-order valence-electron chi connectivity index (χ1n) is 9.03. The number of hydrogen-bond donors (Lipinski definition) is 1. The first-order chi connectivity index (χ1) is 11.6. The molecule has 2 N–H and O–H groups in total. The summed E-state index contributed by atoms with van der Waals surface area (Å²) in [5, 5.41) is 0. The van der Waals surface area contributed by atoms with Gasteiger partial charge in [0.15, 0.2) is 0 Å². The Balaban J connectivity index is 1.67. The third-order valence-electron chi connectivity index (χ3n) is 5.05. The Hall–Kier alpha value is -1.59. The summed E-state index contributed by atoms with van der Waals surface area (Å²) in [5.74, 6) is 1.08. The van der Waals surface area contributed by atoms with Crippen LogP contribution in [0.15, 0.2) is 24.3 Å². The van der Waals surface area contributed by atoms with Crippen LogP contribution in [0.3, 0.4) is 0 Å². The second-order valence-electron chi connectivity index (χ2n) is 6.95. The molecule has 0 spiro atoms. The smallest absolute Gasteiger partial charge is 0.257 e. The van der Waals surface area contributed by atoms with Crippen LogP contribution in [0, 0.1) is 5.92 Å². The van der Waals surface area contributed by atoms with Gasteiger partial charge in [-0.2, -0.15) is 0 Å². The lowest BCUT2D eigenvalue weighted by atomic mass is 9.92. The predicted molar refractivity (Wildman–Crippen MR) is 93.2 cm³/mol. The molecule has 2 fully saturated rings. The van der Waals surface area contributed by atoms with Crippen LogP contribution in [0.5, 0.6) is 5.75 Å². The SMILES string of the molecule is C[C@H](N)[C@H]1CCCN(C(=O)c2ccccc2OC[C@H]2CCCO2)C1. The number of para-hydroxylation sites is 1. The molecule has 1 aromatic carbocycles. The van der Waals surface area contributed by atoms with Crippen LogP contribution in [-0.4, -0.2) is 49.3 Å². The van der Waals surface area contributed by atoms with Crippen molar-refractivity contribution in [2.75, 3.05) is 26.3 Å². The van der Waals surface area contributed by atoms with E-state index in [9.17, 15) is 4.79 Å². The molecule has 0 aliphatic carbocycles. The molecular formula is C19H28N2O3. The molecule has 5 heteroatoms. The predicted octanol–water partition coefficient (Wildman–Crippen LogP) is 2.44. The summed E-state index contributed by atoms with van der Waals surface area (Å²) in [6.45, 7) is 4.86. The summed E-state index contributed by atoms with van der Waals surface area (Å²) in [5.41, 5.74) is 6.68. The van der Waals surface area contributed by atoms with Gasteiger partial charge in [-0.15, -0.1) is 0 Å². The minimum atomic E-state index is 0.0447. The maximum Gasteiger partial charge on any atom is 0.257 e. The number of hydrogen-bond acceptors (Lipinski definition) is 4.